The smallest absolute Gasteiger partial charge is 0.412 e. The van der Waals surface area contributed by atoms with E-state index in [1.54, 1.807) is 26.8 Å². The Balaban J connectivity index is 1.19. The molecule has 0 bridgehead atoms. The lowest BCUT2D eigenvalue weighted by molar-refractivity contribution is -0.139. The second-order valence-corrected chi connectivity index (χ2v) is 17.9. The van der Waals surface area contributed by atoms with Crippen molar-refractivity contribution in [2.45, 2.75) is 77.1 Å². The number of esters is 1. The van der Waals surface area contributed by atoms with Crippen molar-refractivity contribution in [3.8, 4) is 29.0 Å². The largest absolute Gasteiger partial charge is 0.461 e. The van der Waals surface area contributed by atoms with Gasteiger partial charge < -0.3 is 19.1 Å². The number of nitriles is 1. The van der Waals surface area contributed by atoms with E-state index in [-0.39, 0.29) is 72.2 Å². The van der Waals surface area contributed by atoms with Crippen LogP contribution in [0.4, 0.5) is 28.8 Å². The summed E-state index contributed by atoms with van der Waals surface area (Å²) < 4.78 is 64.9. The predicted octanol–water partition coefficient (Wildman–Crippen LogP) is 9.75. The zero-order valence-corrected chi connectivity index (χ0v) is 34.5. The van der Waals surface area contributed by atoms with Crippen LogP contribution < -0.4 is 19.7 Å². The van der Waals surface area contributed by atoms with Crippen LogP contribution in [-0.4, -0.2) is 77.0 Å². The summed E-state index contributed by atoms with van der Waals surface area (Å²) in [6.07, 6.45) is 0.962. The zero-order valence-electron chi connectivity index (χ0n) is 33.0. The first-order valence-electron chi connectivity index (χ1n) is 19.5. The van der Waals surface area contributed by atoms with E-state index in [4.69, 9.17) is 30.8 Å². The average Bonchev–Trinajstić information content (AvgIpc) is 3.85. The third-order valence-electron chi connectivity index (χ3n) is 11.3. The fourth-order valence-corrected chi connectivity index (χ4v) is 9.88. The van der Waals surface area contributed by atoms with Gasteiger partial charge in [0.25, 0.3) is 0 Å². The van der Waals surface area contributed by atoms with Crippen molar-refractivity contribution in [3.05, 3.63) is 70.2 Å². The molecule has 11 nitrogen and oxygen atoms in total. The number of benzene rings is 3. The van der Waals surface area contributed by atoms with Gasteiger partial charge in [0.05, 0.1) is 26.7 Å². The fourth-order valence-electron chi connectivity index (χ4n) is 8.52. The van der Waals surface area contributed by atoms with Crippen LogP contribution in [-0.2, 0) is 9.53 Å². The highest BCUT2D eigenvalue weighted by Gasteiger charge is 2.49. The molecule has 1 amide bonds. The number of aryl methyl sites for hydroxylation is 1. The maximum Gasteiger partial charge on any atom is 0.412 e. The van der Waals surface area contributed by atoms with Gasteiger partial charge in [0, 0.05) is 42.4 Å². The Hall–Kier alpha value is -5.17. The van der Waals surface area contributed by atoms with Gasteiger partial charge in [-0.05, 0) is 89.2 Å². The lowest BCUT2D eigenvalue weighted by Gasteiger charge is -2.33. The van der Waals surface area contributed by atoms with Gasteiger partial charge in [-0.1, -0.05) is 35.9 Å². The fraction of sp³-hybridized carbons (Fsp3) is 0.419. The van der Waals surface area contributed by atoms with E-state index in [0.29, 0.717) is 50.5 Å². The molecule has 2 aromatic heterocycles. The molecule has 1 N–H and O–H groups in total. The number of aromatic nitrogens is 2. The van der Waals surface area contributed by atoms with Crippen molar-refractivity contribution in [2.24, 2.45) is 5.92 Å². The van der Waals surface area contributed by atoms with E-state index in [1.165, 1.54) is 12.1 Å². The lowest BCUT2D eigenvalue weighted by Crippen LogP contribution is -2.43. The van der Waals surface area contributed by atoms with Crippen LogP contribution >= 0.6 is 22.9 Å². The number of halogens is 4. The summed E-state index contributed by atoms with van der Waals surface area (Å²) in [4.78, 5) is 39.3. The van der Waals surface area contributed by atoms with Crippen LogP contribution in [0.5, 0.6) is 11.8 Å². The topological polar surface area (TPSA) is 130 Å². The van der Waals surface area contributed by atoms with Gasteiger partial charge in [-0.25, -0.2) is 18.0 Å². The highest BCUT2D eigenvalue weighted by atomic mass is 35.5. The van der Waals surface area contributed by atoms with Gasteiger partial charge in [0.2, 0.25) is 0 Å². The molecule has 2 atom stereocenters. The Bertz CT molecular complexity index is 2530. The number of hydrogen-bond donors (Lipinski definition) is 1. The third-order valence-corrected chi connectivity index (χ3v) is 12.7. The van der Waals surface area contributed by atoms with Crippen LogP contribution in [0, 0.1) is 35.8 Å². The average molecular weight is 847 g/mol. The molecule has 0 radical (unpaired) electrons. The Morgan fingerprint density at radius 2 is 1.88 bits per heavy atom. The normalized spacial score (nSPS) is 19.8. The summed E-state index contributed by atoms with van der Waals surface area (Å²) in [6.45, 7) is 8.81. The number of para-hydroxylation sites is 1. The molecule has 308 valence electrons. The first-order valence-corrected chi connectivity index (χ1v) is 20.7. The van der Waals surface area contributed by atoms with Crippen molar-refractivity contribution >= 4 is 66.8 Å². The Morgan fingerprint density at radius 3 is 2.61 bits per heavy atom. The second-order valence-electron chi connectivity index (χ2n) is 16.4. The molecule has 3 aliphatic rings. The highest BCUT2D eigenvalue weighted by molar-refractivity contribution is 7.23. The number of carbonyl (C=O) groups excluding carboxylic acids is 2. The van der Waals surface area contributed by atoms with Crippen LogP contribution in [0.15, 0.2) is 42.5 Å². The van der Waals surface area contributed by atoms with Crippen molar-refractivity contribution in [1.82, 2.24) is 14.9 Å². The Morgan fingerprint density at radius 1 is 1.12 bits per heavy atom. The molecule has 3 fully saturated rings. The maximum atomic E-state index is 17.4. The van der Waals surface area contributed by atoms with E-state index in [9.17, 15) is 19.2 Å². The number of rotatable bonds is 8. The van der Waals surface area contributed by atoms with Crippen LogP contribution in [0.3, 0.4) is 0 Å². The quantitative estimate of drug-likeness (QED) is 0.119. The minimum Gasteiger partial charge on any atom is -0.461 e. The molecule has 0 spiro atoms. The summed E-state index contributed by atoms with van der Waals surface area (Å²) in [5.41, 5.74) is -0.812. The molecule has 5 aromatic rings. The summed E-state index contributed by atoms with van der Waals surface area (Å²) in [7, 11) is 0. The number of amides is 1. The minimum atomic E-state index is -0.990. The van der Waals surface area contributed by atoms with Crippen molar-refractivity contribution in [2.75, 3.05) is 43.0 Å². The molecule has 3 aliphatic heterocycles. The van der Waals surface area contributed by atoms with E-state index in [1.807, 2.05) is 36.1 Å². The van der Waals surface area contributed by atoms with Crippen LogP contribution in [0.1, 0.15) is 64.0 Å². The summed E-state index contributed by atoms with van der Waals surface area (Å²) in [5.74, 6) is -1.44. The first kappa shape index (κ1) is 40.6. The molecule has 0 saturated carbocycles. The van der Waals surface area contributed by atoms with Crippen molar-refractivity contribution in [1.29, 1.82) is 5.26 Å². The first-order chi connectivity index (χ1) is 28.1. The maximum absolute atomic E-state index is 17.4. The second kappa shape index (κ2) is 15.8. The molecule has 5 heterocycles. The summed E-state index contributed by atoms with van der Waals surface area (Å²) in [6, 6.07) is 13.2. The van der Waals surface area contributed by atoms with Gasteiger partial charge in [0.15, 0.2) is 5.82 Å². The Labute approximate surface area is 348 Å². The van der Waals surface area contributed by atoms with E-state index >= 15 is 8.78 Å². The number of nitrogens with one attached hydrogen (secondary N) is 1. The molecular weight excluding hydrogens is 805 g/mol. The van der Waals surface area contributed by atoms with Gasteiger partial charge in [0.1, 0.15) is 52.4 Å². The number of carbonyl (C=O) groups is 2. The van der Waals surface area contributed by atoms with Crippen molar-refractivity contribution < 1.29 is 37.0 Å². The molecule has 3 saturated heterocycles. The monoisotopic (exact) mass is 846 g/mol. The van der Waals surface area contributed by atoms with Crippen LogP contribution in [0.2, 0.25) is 5.02 Å². The molecule has 0 unspecified atom stereocenters. The summed E-state index contributed by atoms with van der Waals surface area (Å²) >= 11 is 7.77. The number of thiophene rings is 1. The van der Waals surface area contributed by atoms with E-state index < -0.39 is 35.0 Å². The Kier molecular flexibility index (Phi) is 10.9. The minimum absolute atomic E-state index is 0.00000145. The van der Waals surface area contributed by atoms with Gasteiger partial charge in [-0.3, -0.25) is 15.0 Å². The molecular formula is C43H42ClF3N6O5S. The molecule has 59 heavy (non-hydrogen) atoms. The number of anilines is 2. The zero-order chi connectivity index (χ0) is 41.8. The molecule has 8 rings (SSSR count). The number of hydrogen-bond acceptors (Lipinski definition) is 11. The molecule has 0 aliphatic carbocycles. The number of ether oxygens (including phenoxy) is 3. The van der Waals surface area contributed by atoms with Crippen molar-refractivity contribution in [3.63, 3.8) is 0 Å². The highest BCUT2D eigenvalue weighted by Crippen LogP contribution is 2.47. The molecule has 16 heteroatoms. The molecule has 3 aromatic carbocycles. The van der Waals surface area contributed by atoms with Gasteiger partial charge >= 0.3 is 18.1 Å². The number of alkyl halides is 1. The van der Waals surface area contributed by atoms with Crippen LogP contribution in [0.25, 0.3) is 32.1 Å². The van der Waals surface area contributed by atoms with Gasteiger partial charge in [-0.2, -0.15) is 15.2 Å². The number of nitrogens with zero attached hydrogens (tertiary/aromatic N) is 5. The van der Waals surface area contributed by atoms with E-state index in [0.717, 1.165) is 42.4 Å². The summed E-state index contributed by atoms with van der Waals surface area (Å²) in [5, 5.41) is 13.2. The predicted molar refractivity (Wildman–Crippen MR) is 220 cm³/mol. The van der Waals surface area contributed by atoms with Gasteiger partial charge in [-0.15, -0.1) is 11.3 Å². The SMILES string of the molecule is Cc1ccccc1OC(=O)C1CCN(c2nc(OC[C@@]34CCCN3C[C@H](F)C4)nc3c(F)c(-c4ccc(F)c5sc(NC(=O)OC(C)(C)C)c(C#N)c45)c(Cl)cc23)CC1. The van der Waals surface area contributed by atoms with E-state index in [2.05, 4.69) is 15.2 Å². The lowest BCUT2D eigenvalue weighted by atomic mass is 9.95. The number of piperidine rings is 1. The standard InChI is InChI=1S/C43H42ClF3N6O5S/c1-23-8-5-6-9-31(23)57-39(54)24-12-16-52(17-13-24)37-27-18-29(44)33(34(47)35(27)49-40(50-37)56-22-43-14-7-15-53(43)21-25(45)19-43)26-10-11-30(46)36-32(26)28(20-48)38(59-36)51-41(55)58-42(2,3)4/h5-6,8-11,18,24-25H,7,12-17,19,21-22H2,1-4H3,(H,51,55)/t25-,43+/m1/s1. The number of fused-ring (bicyclic) bond motifs is 3. The third kappa shape index (κ3) is 7.85.